The average molecular weight is 273 g/mol. The first-order chi connectivity index (χ1) is 9.71. The van der Waals surface area contributed by atoms with Crippen molar-refractivity contribution < 1.29 is 9.18 Å². The zero-order valence-corrected chi connectivity index (χ0v) is 11.1. The first-order valence-corrected chi connectivity index (χ1v) is 6.78. The van der Waals surface area contributed by atoms with E-state index in [1.165, 1.54) is 10.7 Å². The van der Waals surface area contributed by atoms with E-state index in [1.54, 1.807) is 36.7 Å². The smallest absolute Gasteiger partial charge is 0.327 e. The minimum absolute atomic E-state index is 0.268. The van der Waals surface area contributed by atoms with E-state index in [-0.39, 0.29) is 11.8 Å². The van der Waals surface area contributed by atoms with E-state index in [1.807, 2.05) is 0 Å². The predicted molar refractivity (Wildman–Crippen MR) is 72.7 cm³/mol. The molecule has 0 unspecified atom stereocenters. The summed E-state index contributed by atoms with van der Waals surface area (Å²) in [4.78, 5) is 12.2. The highest BCUT2D eigenvalue weighted by Gasteiger charge is 2.39. The Morgan fingerprint density at radius 1 is 1.25 bits per heavy atom. The molecule has 0 bridgehead atoms. The normalized spacial score (nSPS) is 17.1. The largest absolute Gasteiger partial charge is 0.342 e. The topological polar surface area (TPSA) is 46.9 Å². The fourth-order valence-corrected chi connectivity index (χ4v) is 2.94. The van der Waals surface area contributed by atoms with Crippen LogP contribution in [-0.2, 0) is 5.54 Å². The molecule has 1 heterocycles. The van der Waals surface area contributed by atoms with Crippen LogP contribution in [0.1, 0.15) is 31.2 Å². The van der Waals surface area contributed by atoms with Crippen molar-refractivity contribution in [1.82, 2.24) is 15.1 Å². The molecule has 2 aromatic rings. The van der Waals surface area contributed by atoms with Crippen LogP contribution in [0.4, 0.5) is 9.18 Å². The van der Waals surface area contributed by atoms with Gasteiger partial charge in [-0.25, -0.2) is 9.18 Å². The maximum atomic E-state index is 14.1. The van der Waals surface area contributed by atoms with Gasteiger partial charge >= 0.3 is 6.03 Å². The van der Waals surface area contributed by atoms with E-state index >= 15 is 0 Å². The van der Waals surface area contributed by atoms with E-state index in [9.17, 15) is 9.18 Å². The average Bonchev–Trinajstić information content (AvgIpc) is 3.10. The highest BCUT2D eigenvalue weighted by molar-refractivity contribution is 5.76. The summed E-state index contributed by atoms with van der Waals surface area (Å²) in [5.74, 6) is -0.268. The minimum atomic E-state index is -0.617. The van der Waals surface area contributed by atoms with Gasteiger partial charge in [-0.15, -0.1) is 0 Å². The molecule has 104 valence electrons. The van der Waals surface area contributed by atoms with Gasteiger partial charge in [-0.1, -0.05) is 31.0 Å². The third kappa shape index (κ3) is 2.19. The van der Waals surface area contributed by atoms with Gasteiger partial charge in [0.1, 0.15) is 5.82 Å². The van der Waals surface area contributed by atoms with E-state index in [0.29, 0.717) is 5.56 Å². The molecule has 5 heteroatoms. The van der Waals surface area contributed by atoms with Crippen LogP contribution in [0, 0.1) is 5.82 Å². The molecule has 4 nitrogen and oxygen atoms in total. The van der Waals surface area contributed by atoms with Crippen LogP contribution in [-0.4, -0.2) is 15.8 Å². The number of carbonyl (C=O) groups excluding carboxylic acids is 1. The fraction of sp³-hybridized carbons (Fsp3) is 0.333. The third-order valence-electron chi connectivity index (χ3n) is 3.91. The molecule has 1 aromatic carbocycles. The summed E-state index contributed by atoms with van der Waals surface area (Å²) in [7, 11) is 0. The van der Waals surface area contributed by atoms with Gasteiger partial charge in [0.25, 0.3) is 0 Å². The summed E-state index contributed by atoms with van der Waals surface area (Å²) in [6.07, 6.45) is 6.59. The molecule has 1 saturated carbocycles. The summed E-state index contributed by atoms with van der Waals surface area (Å²) in [5.41, 5.74) is -0.0491. The summed E-state index contributed by atoms with van der Waals surface area (Å²) in [5, 5.41) is 6.89. The minimum Gasteiger partial charge on any atom is -0.327 e. The number of amides is 1. The Morgan fingerprint density at radius 3 is 2.65 bits per heavy atom. The van der Waals surface area contributed by atoms with Gasteiger partial charge in [0.15, 0.2) is 0 Å². The Bertz CT molecular complexity index is 603. The van der Waals surface area contributed by atoms with Crippen LogP contribution < -0.4 is 5.32 Å². The first-order valence-electron chi connectivity index (χ1n) is 6.78. The van der Waals surface area contributed by atoms with E-state index in [4.69, 9.17) is 0 Å². The second kappa shape index (κ2) is 5.07. The summed E-state index contributed by atoms with van der Waals surface area (Å²) in [6.45, 7) is 0. The van der Waals surface area contributed by atoms with E-state index in [0.717, 1.165) is 25.7 Å². The summed E-state index contributed by atoms with van der Waals surface area (Å²) >= 11 is 0. The van der Waals surface area contributed by atoms with Crippen LogP contribution in [0.15, 0.2) is 42.7 Å². The summed E-state index contributed by atoms with van der Waals surface area (Å²) in [6, 6.07) is 8.03. The monoisotopic (exact) mass is 273 g/mol. The van der Waals surface area contributed by atoms with E-state index < -0.39 is 5.54 Å². The standard InChI is InChI=1S/C15H16FN3O/c16-13-7-2-1-6-12(13)15(8-3-4-9-15)18-14(20)19-11-5-10-17-19/h1-2,5-7,10-11H,3-4,8-9H2,(H,18,20). The number of benzene rings is 1. The van der Waals surface area contributed by atoms with Crippen molar-refractivity contribution in [3.63, 3.8) is 0 Å². The molecular weight excluding hydrogens is 257 g/mol. The van der Waals surface area contributed by atoms with Gasteiger partial charge in [0.2, 0.25) is 0 Å². The highest BCUT2D eigenvalue weighted by Crippen LogP contribution is 2.39. The van der Waals surface area contributed by atoms with Crippen molar-refractivity contribution in [3.05, 3.63) is 54.1 Å². The van der Waals surface area contributed by atoms with Crippen molar-refractivity contribution in [2.45, 2.75) is 31.2 Å². The first kappa shape index (κ1) is 12.8. The van der Waals surface area contributed by atoms with Gasteiger partial charge in [-0.05, 0) is 25.0 Å². The lowest BCUT2D eigenvalue weighted by molar-refractivity contribution is 0.222. The van der Waals surface area contributed by atoms with Crippen LogP contribution in [0.2, 0.25) is 0 Å². The van der Waals surface area contributed by atoms with Crippen molar-refractivity contribution >= 4 is 6.03 Å². The van der Waals surface area contributed by atoms with E-state index in [2.05, 4.69) is 10.4 Å². The summed E-state index contributed by atoms with van der Waals surface area (Å²) < 4.78 is 15.3. The molecule has 1 amide bonds. The molecular formula is C15H16FN3O. The molecule has 0 saturated heterocycles. The van der Waals surface area contributed by atoms with Gasteiger partial charge in [0, 0.05) is 18.0 Å². The molecule has 0 aliphatic heterocycles. The SMILES string of the molecule is O=C(NC1(c2ccccc2F)CCCC1)n1cccn1. The van der Waals surface area contributed by atoms with Gasteiger partial charge in [0.05, 0.1) is 5.54 Å². The molecule has 0 radical (unpaired) electrons. The fourth-order valence-electron chi connectivity index (χ4n) is 2.94. The molecule has 1 aliphatic rings. The Balaban J connectivity index is 1.93. The Morgan fingerprint density at radius 2 is 2.00 bits per heavy atom. The van der Waals surface area contributed by atoms with Crippen LogP contribution in [0.5, 0.6) is 0 Å². The lowest BCUT2D eigenvalue weighted by Gasteiger charge is -2.31. The second-order valence-electron chi connectivity index (χ2n) is 5.15. The molecule has 0 spiro atoms. The van der Waals surface area contributed by atoms with Crippen molar-refractivity contribution in [3.8, 4) is 0 Å². The van der Waals surface area contributed by atoms with Gasteiger partial charge in [-0.3, -0.25) is 0 Å². The predicted octanol–water partition coefficient (Wildman–Crippen LogP) is 3.05. The number of carbonyl (C=O) groups is 1. The number of rotatable bonds is 2. The van der Waals surface area contributed by atoms with Crippen molar-refractivity contribution in [2.24, 2.45) is 0 Å². The number of halogens is 1. The lowest BCUT2D eigenvalue weighted by atomic mass is 9.88. The molecule has 3 rings (SSSR count). The lowest BCUT2D eigenvalue weighted by Crippen LogP contribution is -2.46. The zero-order chi connectivity index (χ0) is 14.0. The number of hydrogen-bond acceptors (Lipinski definition) is 2. The van der Waals surface area contributed by atoms with Crippen molar-refractivity contribution in [1.29, 1.82) is 0 Å². The molecule has 1 fully saturated rings. The van der Waals surface area contributed by atoms with Gasteiger partial charge in [-0.2, -0.15) is 9.78 Å². The molecule has 1 aliphatic carbocycles. The van der Waals surface area contributed by atoms with Crippen molar-refractivity contribution in [2.75, 3.05) is 0 Å². The molecule has 20 heavy (non-hydrogen) atoms. The molecule has 1 aromatic heterocycles. The second-order valence-corrected chi connectivity index (χ2v) is 5.15. The zero-order valence-electron chi connectivity index (χ0n) is 11.1. The third-order valence-corrected chi connectivity index (χ3v) is 3.91. The Kier molecular flexibility index (Phi) is 3.26. The molecule has 0 atom stereocenters. The number of nitrogens with zero attached hydrogens (tertiary/aromatic N) is 2. The van der Waals surface area contributed by atoms with Crippen LogP contribution in [0.25, 0.3) is 0 Å². The molecule has 1 N–H and O–H groups in total. The number of nitrogens with one attached hydrogen (secondary N) is 1. The van der Waals surface area contributed by atoms with Crippen LogP contribution >= 0.6 is 0 Å². The maximum absolute atomic E-state index is 14.1. The number of hydrogen-bond donors (Lipinski definition) is 1. The Labute approximate surface area is 116 Å². The van der Waals surface area contributed by atoms with Gasteiger partial charge < -0.3 is 5.32 Å². The highest BCUT2D eigenvalue weighted by atomic mass is 19.1. The van der Waals surface area contributed by atoms with Crippen LogP contribution in [0.3, 0.4) is 0 Å². The quantitative estimate of drug-likeness (QED) is 0.914. The Hall–Kier alpha value is -2.17. The maximum Gasteiger partial charge on any atom is 0.342 e. The number of aromatic nitrogens is 2.